The Balaban J connectivity index is 1.36. The van der Waals surface area contributed by atoms with Gasteiger partial charge in [0.15, 0.2) is 5.84 Å². The van der Waals surface area contributed by atoms with E-state index in [1.807, 2.05) is 24.1 Å². The number of hydrogen-bond acceptors (Lipinski definition) is 7. The standard InChI is InChI=1S/C17H19N5O2S2/c1-21(16-13-4-2-3-5-14(13)26(23,24)20-16)12-8-9-22(10-12)17-18-15(19-25-17)11-6-7-11/h2-5,11-12H,6-10H2,1H3. The topological polar surface area (TPSA) is 78.8 Å². The highest BCUT2D eigenvalue weighted by atomic mass is 32.2. The van der Waals surface area contributed by atoms with Crippen molar-refractivity contribution in [2.24, 2.45) is 4.40 Å². The summed E-state index contributed by atoms with van der Waals surface area (Å²) in [6, 6.07) is 7.23. The SMILES string of the molecule is CN(C1=NS(=O)(=O)c2ccccc21)C1CCN(c2nc(C3CC3)ns2)C1. The minimum Gasteiger partial charge on any atom is -0.354 e. The maximum atomic E-state index is 12.3. The lowest BCUT2D eigenvalue weighted by atomic mass is 10.1. The van der Waals surface area contributed by atoms with Crippen LogP contribution in [0.2, 0.25) is 0 Å². The third-order valence-electron chi connectivity index (χ3n) is 5.30. The number of sulfonamides is 1. The van der Waals surface area contributed by atoms with Crippen LogP contribution in [-0.4, -0.2) is 54.7 Å². The van der Waals surface area contributed by atoms with Crippen LogP contribution in [0.3, 0.4) is 0 Å². The molecule has 1 atom stereocenters. The maximum absolute atomic E-state index is 12.3. The van der Waals surface area contributed by atoms with E-state index in [-0.39, 0.29) is 6.04 Å². The molecule has 2 fully saturated rings. The molecule has 1 aromatic heterocycles. The molecule has 1 aliphatic carbocycles. The molecule has 0 radical (unpaired) electrons. The molecule has 0 N–H and O–H groups in total. The van der Waals surface area contributed by atoms with Gasteiger partial charge in [-0.25, -0.2) is 4.98 Å². The lowest BCUT2D eigenvalue weighted by molar-refractivity contribution is 0.393. The second kappa shape index (κ2) is 5.75. The Morgan fingerprint density at radius 1 is 1.23 bits per heavy atom. The number of nitrogens with zero attached hydrogens (tertiary/aromatic N) is 5. The number of likely N-dealkylation sites (N-methyl/N-ethyl adjacent to an activating group) is 1. The highest BCUT2D eigenvalue weighted by molar-refractivity contribution is 7.90. The van der Waals surface area contributed by atoms with E-state index >= 15 is 0 Å². The molecular weight excluding hydrogens is 370 g/mol. The fraction of sp³-hybridized carbons (Fsp3) is 0.471. The summed E-state index contributed by atoms with van der Waals surface area (Å²) >= 11 is 1.47. The van der Waals surface area contributed by atoms with Crippen molar-refractivity contribution in [1.82, 2.24) is 14.3 Å². The smallest absolute Gasteiger partial charge is 0.285 e. The van der Waals surface area contributed by atoms with Crippen molar-refractivity contribution in [2.45, 2.75) is 36.1 Å². The lowest BCUT2D eigenvalue weighted by Gasteiger charge is -2.26. The normalized spacial score (nSPS) is 23.8. The third-order valence-corrected chi connectivity index (χ3v) is 7.42. The minimum atomic E-state index is -3.58. The van der Waals surface area contributed by atoms with Gasteiger partial charge in [-0.05, 0) is 31.4 Å². The summed E-state index contributed by atoms with van der Waals surface area (Å²) in [4.78, 5) is 9.25. The molecule has 1 saturated heterocycles. The van der Waals surface area contributed by atoms with E-state index in [0.717, 1.165) is 30.5 Å². The zero-order valence-electron chi connectivity index (χ0n) is 14.4. The van der Waals surface area contributed by atoms with Crippen LogP contribution >= 0.6 is 11.5 Å². The summed E-state index contributed by atoms with van der Waals surface area (Å²) in [5.41, 5.74) is 0.695. The zero-order valence-corrected chi connectivity index (χ0v) is 16.0. The molecule has 1 aromatic carbocycles. The van der Waals surface area contributed by atoms with Gasteiger partial charge in [-0.3, -0.25) is 0 Å². The summed E-state index contributed by atoms with van der Waals surface area (Å²) in [7, 11) is -1.65. The van der Waals surface area contributed by atoms with Crippen molar-refractivity contribution >= 4 is 32.5 Å². The van der Waals surface area contributed by atoms with Gasteiger partial charge < -0.3 is 9.80 Å². The molecule has 5 rings (SSSR count). The second-order valence-corrected chi connectivity index (χ2v) is 9.40. The van der Waals surface area contributed by atoms with E-state index in [0.29, 0.717) is 22.2 Å². The van der Waals surface area contributed by atoms with E-state index in [9.17, 15) is 8.42 Å². The van der Waals surface area contributed by atoms with Crippen molar-refractivity contribution in [3.05, 3.63) is 35.7 Å². The minimum absolute atomic E-state index is 0.198. The van der Waals surface area contributed by atoms with E-state index < -0.39 is 10.0 Å². The van der Waals surface area contributed by atoms with Gasteiger partial charge in [-0.15, -0.1) is 4.40 Å². The van der Waals surface area contributed by atoms with E-state index in [2.05, 4.69) is 13.7 Å². The van der Waals surface area contributed by atoms with Gasteiger partial charge in [-0.2, -0.15) is 12.8 Å². The largest absolute Gasteiger partial charge is 0.354 e. The Hall–Kier alpha value is -2.00. The second-order valence-electron chi connectivity index (χ2n) is 7.09. The molecule has 0 amide bonds. The number of benzene rings is 1. The Kier molecular flexibility index (Phi) is 3.58. The molecule has 1 saturated carbocycles. The predicted octanol–water partition coefficient (Wildman–Crippen LogP) is 2.08. The molecule has 2 aromatic rings. The number of rotatable bonds is 3. The molecule has 0 bridgehead atoms. The first-order valence-electron chi connectivity index (χ1n) is 8.79. The molecule has 3 aliphatic rings. The Morgan fingerprint density at radius 3 is 2.85 bits per heavy atom. The van der Waals surface area contributed by atoms with Gasteiger partial charge in [-0.1, -0.05) is 12.1 Å². The summed E-state index contributed by atoms with van der Waals surface area (Å²) in [5.74, 6) is 2.10. The number of hydrogen-bond donors (Lipinski definition) is 0. The Labute approximate surface area is 156 Å². The van der Waals surface area contributed by atoms with Gasteiger partial charge in [0.05, 0.1) is 0 Å². The third kappa shape index (κ3) is 2.61. The fourth-order valence-electron chi connectivity index (χ4n) is 3.61. The van der Waals surface area contributed by atoms with Crippen LogP contribution in [-0.2, 0) is 10.0 Å². The Bertz CT molecular complexity index is 996. The number of anilines is 1. The Morgan fingerprint density at radius 2 is 2.04 bits per heavy atom. The van der Waals surface area contributed by atoms with E-state index in [4.69, 9.17) is 4.98 Å². The molecule has 9 heteroatoms. The molecule has 0 spiro atoms. The molecule has 1 unspecified atom stereocenters. The van der Waals surface area contributed by atoms with E-state index in [1.165, 1.54) is 24.4 Å². The fourth-order valence-corrected chi connectivity index (χ4v) is 5.63. The predicted molar refractivity (Wildman–Crippen MR) is 100 cm³/mol. The first-order chi connectivity index (χ1) is 12.5. The molecule has 26 heavy (non-hydrogen) atoms. The summed E-state index contributed by atoms with van der Waals surface area (Å²) < 4.78 is 33.1. The lowest BCUT2D eigenvalue weighted by Crippen LogP contribution is -2.39. The molecule has 136 valence electrons. The van der Waals surface area contributed by atoms with Crippen molar-refractivity contribution in [2.75, 3.05) is 25.0 Å². The van der Waals surface area contributed by atoms with Crippen LogP contribution in [0.4, 0.5) is 5.13 Å². The highest BCUT2D eigenvalue weighted by Crippen LogP contribution is 2.40. The average molecular weight is 390 g/mol. The van der Waals surface area contributed by atoms with Crippen LogP contribution in [0.5, 0.6) is 0 Å². The van der Waals surface area contributed by atoms with Gasteiger partial charge in [0.1, 0.15) is 10.7 Å². The first-order valence-corrected chi connectivity index (χ1v) is 11.0. The van der Waals surface area contributed by atoms with Crippen LogP contribution < -0.4 is 4.90 Å². The average Bonchev–Trinajstić information content (AvgIpc) is 3.08. The van der Waals surface area contributed by atoms with Crippen LogP contribution in [0, 0.1) is 0 Å². The molecule has 7 nitrogen and oxygen atoms in total. The van der Waals surface area contributed by atoms with Gasteiger partial charge >= 0.3 is 0 Å². The number of amidine groups is 1. The summed E-state index contributed by atoms with van der Waals surface area (Å²) in [6.45, 7) is 1.70. The molecule has 3 heterocycles. The van der Waals surface area contributed by atoms with Gasteiger partial charge in [0.25, 0.3) is 10.0 Å². The van der Waals surface area contributed by atoms with Crippen molar-refractivity contribution in [3.8, 4) is 0 Å². The molecule has 2 aliphatic heterocycles. The quantitative estimate of drug-likeness (QED) is 0.800. The van der Waals surface area contributed by atoms with Gasteiger partial charge in [0, 0.05) is 49.2 Å². The van der Waals surface area contributed by atoms with Crippen molar-refractivity contribution < 1.29 is 8.42 Å². The summed E-state index contributed by atoms with van der Waals surface area (Å²) in [5, 5.41) is 0.976. The van der Waals surface area contributed by atoms with Crippen LogP contribution in [0.1, 0.15) is 36.6 Å². The van der Waals surface area contributed by atoms with Crippen molar-refractivity contribution in [1.29, 1.82) is 0 Å². The highest BCUT2D eigenvalue weighted by Gasteiger charge is 2.36. The molecular formula is C17H19N5O2S2. The zero-order chi connectivity index (χ0) is 17.9. The van der Waals surface area contributed by atoms with E-state index in [1.54, 1.807) is 12.1 Å². The maximum Gasteiger partial charge on any atom is 0.285 e. The summed E-state index contributed by atoms with van der Waals surface area (Å²) in [6.07, 6.45) is 3.35. The van der Waals surface area contributed by atoms with Crippen molar-refractivity contribution in [3.63, 3.8) is 0 Å². The number of fused-ring (bicyclic) bond motifs is 1. The van der Waals surface area contributed by atoms with Gasteiger partial charge in [0.2, 0.25) is 5.13 Å². The van der Waals surface area contributed by atoms with Crippen LogP contribution in [0.15, 0.2) is 33.6 Å². The number of aromatic nitrogens is 2. The van der Waals surface area contributed by atoms with Crippen LogP contribution in [0.25, 0.3) is 0 Å². The monoisotopic (exact) mass is 389 g/mol. The first kappa shape index (κ1) is 16.2.